The van der Waals surface area contributed by atoms with E-state index in [4.69, 9.17) is 9.15 Å². The zero-order valence-electron chi connectivity index (χ0n) is 12.7. The van der Waals surface area contributed by atoms with E-state index in [0.29, 0.717) is 42.1 Å². The van der Waals surface area contributed by atoms with Crippen molar-refractivity contribution < 1.29 is 13.9 Å². The number of nitrogens with zero attached hydrogens (tertiary/aromatic N) is 4. The predicted octanol–water partition coefficient (Wildman–Crippen LogP) is 1.76. The van der Waals surface area contributed by atoms with Crippen LogP contribution in [-0.4, -0.2) is 38.7 Å². The number of nitrogens with one attached hydrogen (secondary N) is 1. The second-order valence-corrected chi connectivity index (χ2v) is 5.53. The van der Waals surface area contributed by atoms with Crippen LogP contribution in [0.2, 0.25) is 0 Å². The Labute approximate surface area is 131 Å². The molecule has 1 saturated heterocycles. The van der Waals surface area contributed by atoms with Crippen molar-refractivity contribution in [2.45, 2.75) is 19.8 Å². The van der Waals surface area contributed by atoms with Crippen LogP contribution in [0.4, 0.5) is 5.82 Å². The summed E-state index contributed by atoms with van der Waals surface area (Å²) in [7, 11) is 0. The van der Waals surface area contributed by atoms with Crippen LogP contribution in [0, 0.1) is 6.92 Å². The van der Waals surface area contributed by atoms with Crippen molar-refractivity contribution in [2.75, 3.05) is 18.5 Å². The molecular weight excluding hydrogens is 298 g/mol. The monoisotopic (exact) mass is 313 g/mol. The molecule has 4 heterocycles. The number of carbonyl (C=O) groups excluding carboxylic acids is 1. The van der Waals surface area contributed by atoms with Gasteiger partial charge < -0.3 is 14.5 Å². The molecular formula is C15H15N5O3. The van der Waals surface area contributed by atoms with Crippen LogP contribution in [0.5, 0.6) is 0 Å². The Kier molecular flexibility index (Phi) is 3.12. The molecule has 8 heteroatoms. The Morgan fingerprint density at radius 2 is 2.17 bits per heavy atom. The normalized spacial score (nSPS) is 14.9. The second kappa shape index (κ2) is 5.17. The van der Waals surface area contributed by atoms with Gasteiger partial charge in [-0.2, -0.15) is 4.52 Å². The van der Waals surface area contributed by atoms with E-state index < -0.39 is 0 Å². The third kappa shape index (κ3) is 2.46. The summed E-state index contributed by atoms with van der Waals surface area (Å²) in [6, 6.07) is 5.37. The molecule has 0 aromatic carbocycles. The Morgan fingerprint density at radius 3 is 2.78 bits per heavy atom. The first-order chi connectivity index (χ1) is 11.1. The third-order valence-electron chi connectivity index (χ3n) is 3.61. The van der Waals surface area contributed by atoms with Gasteiger partial charge in [-0.15, -0.1) is 5.10 Å². The predicted molar refractivity (Wildman–Crippen MR) is 81.1 cm³/mol. The molecule has 118 valence electrons. The van der Waals surface area contributed by atoms with Crippen molar-refractivity contribution in [3.8, 4) is 11.6 Å². The number of hydrogen-bond donors (Lipinski definition) is 1. The zero-order chi connectivity index (χ0) is 16.0. The molecule has 0 spiro atoms. The molecule has 1 aliphatic heterocycles. The van der Waals surface area contributed by atoms with E-state index in [1.165, 1.54) is 6.92 Å². The van der Waals surface area contributed by atoms with E-state index in [9.17, 15) is 4.79 Å². The van der Waals surface area contributed by atoms with Gasteiger partial charge in [0.1, 0.15) is 11.6 Å². The van der Waals surface area contributed by atoms with Crippen molar-refractivity contribution in [3.63, 3.8) is 0 Å². The molecule has 1 fully saturated rings. The van der Waals surface area contributed by atoms with E-state index >= 15 is 0 Å². The summed E-state index contributed by atoms with van der Waals surface area (Å²) in [4.78, 5) is 20.3. The topological polar surface area (TPSA) is 94.5 Å². The summed E-state index contributed by atoms with van der Waals surface area (Å²) in [6.45, 7) is 4.54. The highest BCUT2D eigenvalue weighted by molar-refractivity contribution is 5.88. The fourth-order valence-electron chi connectivity index (χ4n) is 2.42. The van der Waals surface area contributed by atoms with Crippen LogP contribution >= 0.6 is 0 Å². The van der Waals surface area contributed by atoms with Gasteiger partial charge in [-0.05, 0) is 19.1 Å². The van der Waals surface area contributed by atoms with Gasteiger partial charge in [-0.3, -0.25) is 4.79 Å². The summed E-state index contributed by atoms with van der Waals surface area (Å²) in [5, 5.41) is 7.21. The van der Waals surface area contributed by atoms with Gasteiger partial charge in [-0.1, -0.05) is 0 Å². The molecule has 23 heavy (non-hydrogen) atoms. The van der Waals surface area contributed by atoms with Crippen LogP contribution in [0.1, 0.15) is 24.4 Å². The van der Waals surface area contributed by atoms with Gasteiger partial charge in [0, 0.05) is 13.0 Å². The maximum Gasteiger partial charge on any atom is 0.222 e. The summed E-state index contributed by atoms with van der Waals surface area (Å²) in [6.07, 6.45) is 0. The van der Waals surface area contributed by atoms with E-state index in [2.05, 4.69) is 20.4 Å². The molecule has 0 aliphatic carbocycles. The standard InChI is InChI=1S/C15H15N5O3/c1-8-3-4-11(23-8)15-17-12(16-9(2)21)5-13-18-14(19-20(13)15)10-6-22-7-10/h3-5,10H,6-7H2,1-2H3,(H,16,21). The quantitative estimate of drug-likeness (QED) is 0.792. The van der Waals surface area contributed by atoms with Crippen molar-refractivity contribution in [2.24, 2.45) is 0 Å². The van der Waals surface area contributed by atoms with Crippen LogP contribution in [0.15, 0.2) is 22.6 Å². The minimum absolute atomic E-state index is 0.199. The molecule has 1 N–H and O–H groups in total. The first-order valence-electron chi connectivity index (χ1n) is 7.30. The minimum Gasteiger partial charge on any atom is -0.458 e. The molecule has 1 amide bonds. The molecule has 1 aliphatic rings. The van der Waals surface area contributed by atoms with E-state index in [-0.39, 0.29) is 11.8 Å². The van der Waals surface area contributed by atoms with Crippen LogP contribution in [0.25, 0.3) is 17.2 Å². The molecule has 0 saturated carbocycles. The molecule has 8 nitrogen and oxygen atoms in total. The van der Waals surface area contributed by atoms with Gasteiger partial charge in [0.05, 0.1) is 19.1 Å². The van der Waals surface area contributed by atoms with Crippen LogP contribution in [0.3, 0.4) is 0 Å². The highest BCUT2D eigenvalue weighted by atomic mass is 16.5. The lowest BCUT2D eigenvalue weighted by atomic mass is 10.1. The first kappa shape index (κ1) is 13.9. The maximum absolute atomic E-state index is 11.3. The van der Waals surface area contributed by atoms with E-state index in [1.54, 1.807) is 10.6 Å². The molecule has 0 atom stereocenters. The highest BCUT2D eigenvalue weighted by Gasteiger charge is 2.26. The summed E-state index contributed by atoms with van der Waals surface area (Å²) < 4.78 is 12.5. The van der Waals surface area contributed by atoms with Gasteiger partial charge in [0.25, 0.3) is 0 Å². The van der Waals surface area contributed by atoms with Crippen LogP contribution < -0.4 is 5.32 Å². The largest absolute Gasteiger partial charge is 0.458 e. The number of aromatic nitrogens is 4. The van der Waals surface area contributed by atoms with Gasteiger partial charge in [0.15, 0.2) is 17.2 Å². The number of furan rings is 1. The SMILES string of the molecule is CC(=O)Nc1cc2nc(C3COC3)nn2c(-c2ccc(C)o2)n1. The third-order valence-corrected chi connectivity index (χ3v) is 3.61. The van der Waals surface area contributed by atoms with Crippen molar-refractivity contribution in [3.05, 3.63) is 29.8 Å². The average Bonchev–Trinajstić information content (AvgIpc) is 3.01. The fourth-order valence-corrected chi connectivity index (χ4v) is 2.42. The molecule has 0 bridgehead atoms. The summed E-state index contributed by atoms with van der Waals surface area (Å²) >= 11 is 0. The van der Waals surface area contributed by atoms with E-state index in [0.717, 1.165) is 5.76 Å². The lowest BCUT2D eigenvalue weighted by Gasteiger charge is -2.22. The lowest BCUT2D eigenvalue weighted by Crippen LogP contribution is -2.26. The number of carbonyl (C=O) groups is 1. The number of ether oxygens (including phenoxy) is 1. The molecule has 3 aromatic heterocycles. The smallest absolute Gasteiger partial charge is 0.222 e. The Morgan fingerprint density at radius 1 is 1.35 bits per heavy atom. The van der Waals surface area contributed by atoms with Crippen LogP contribution in [-0.2, 0) is 9.53 Å². The first-order valence-corrected chi connectivity index (χ1v) is 7.30. The number of rotatable bonds is 3. The van der Waals surface area contributed by atoms with Gasteiger partial charge in [-0.25, -0.2) is 9.97 Å². The Hall–Kier alpha value is -2.74. The lowest BCUT2D eigenvalue weighted by molar-refractivity contribution is -0.114. The number of amides is 1. The number of fused-ring (bicyclic) bond motifs is 1. The average molecular weight is 313 g/mol. The number of hydrogen-bond acceptors (Lipinski definition) is 6. The van der Waals surface area contributed by atoms with E-state index in [1.807, 2.05) is 19.1 Å². The number of anilines is 1. The molecule has 0 unspecified atom stereocenters. The molecule has 4 rings (SSSR count). The molecule has 0 radical (unpaired) electrons. The van der Waals surface area contributed by atoms with Crippen molar-refractivity contribution in [1.29, 1.82) is 0 Å². The molecule has 3 aromatic rings. The number of aryl methyl sites for hydroxylation is 1. The maximum atomic E-state index is 11.3. The minimum atomic E-state index is -0.199. The highest BCUT2D eigenvalue weighted by Crippen LogP contribution is 2.26. The Bertz CT molecular complexity index is 894. The van der Waals surface area contributed by atoms with Crippen molar-refractivity contribution in [1.82, 2.24) is 19.6 Å². The summed E-state index contributed by atoms with van der Waals surface area (Å²) in [5.41, 5.74) is 0.606. The fraction of sp³-hybridized carbons (Fsp3) is 0.333. The van der Waals surface area contributed by atoms with Gasteiger partial charge in [0.2, 0.25) is 11.7 Å². The van der Waals surface area contributed by atoms with Gasteiger partial charge >= 0.3 is 0 Å². The zero-order valence-corrected chi connectivity index (χ0v) is 12.7. The second-order valence-electron chi connectivity index (χ2n) is 5.53. The Balaban J connectivity index is 1.88. The van der Waals surface area contributed by atoms with Crippen molar-refractivity contribution >= 4 is 17.4 Å². The summed E-state index contributed by atoms with van der Waals surface area (Å²) in [5.74, 6) is 2.97.